The van der Waals surface area contributed by atoms with Crippen molar-refractivity contribution in [1.82, 2.24) is 14.7 Å². The molecule has 2 aliphatic heterocycles. The quantitative estimate of drug-likeness (QED) is 0.382. The molecule has 2 amide bonds. The number of halogens is 1. The fourth-order valence-electron chi connectivity index (χ4n) is 4.67. The van der Waals surface area contributed by atoms with E-state index in [-0.39, 0.29) is 23.3 Å². The largest absolute Gasteiger partial charge is 0.339 e. The molecule has 1 unspecified atom stereocenters. The first-order chi connectivity index (χ1) is 15.3. The van der Waals surface area contributed by atoms with Gasteiger partial charge in [-0.15, -0.1) is 0 Å². The maximum atomic E-state index is 12.4. The molecule has 0 bridgehead atoms. The van der Waals surface area contributed by atoms with Crippen molar-refractivity contribution < 1.29 is 19.1 Å². The van der Waals surface area contributed by atoms with Crippen LogP contribution in [0.5, 0.6) is 0 Å². The van der Waals surface area contributed by atoms with Crippen LogP contribution in [0, 0.1) is 5.41 Å². The van der Waals surface area contributed by atoms with Crippen LogP contribution in [0.3, 0.4) is 0 Å². The van der Waals surface area contributed by atoms with E-state index in [0.29, 0.717) is 39.0 Å². The highest BCUT2D eigenvalue weighted by molar-refractivity contribution is 5.78. The Morgan fingerprint density at radius 3 is 1.88 bits per heavy atom. The van der Waals surface area contributed by atoms with Gasteiger partial charge in [0, 0.05) is 52.1 Å². The van der Waals surface area contributed by atoms with Crippen molar-refractivity contribution in [2.75, 3.05) is 45.8 Å². The van der Waals surface area contributed by atoms with Gasteiger partial charge in [0.25, 0.3) is 0 Å². The lowest BCUT2D eigenvalue weighted by atomic mass is 9.91. The van der Waals surface area contributed by atoms with Crippen molar-refractivity contribution in [3.63, 3.8) is 0 Å². The van der Waals surface area contributed by atoms with E-state index in [1.165, 1.54) is 38.5 Å². The van der Waals surface area contributed by atoms with E-state index >= 15 is 0 Å². The summed E-state index contributed by atoms with van der Waals surface area (Å²) in [6, 6.07) is 0. The molecule has 2 fully saturated rings. The van der Waals surface area contributed by atoms with E-state index in [9.17, 15) is 14.1 Å². The Morgan fingerprint density at radius 1 is 0.812 bits per heavy atom. The van der Waals surface area contributed by atoms with Crippen LogP contribution in [-0.4, -0.2) is 78.4 Å². The van der Waals surface area contributed by atoms with Gasteiger partial charge in [0.2, 0.25) is 11.8 Å². The number of unbranched alkanes of at least 4 members (excludes halogenated alkanes) is 7. The number of hydrogen-bond acceptors (Lipinski definition) is 4. The molecule has 0 aromatic rings. The van der Waals surface area contributed by atoms with Crippen LogP contribution < -0.4 is 0 Å². The third-order valence-corrected chi connectivity index (χ3v) is 6.64. The molecule has 0 spiro atoms. The highest BCUT2D eigenvalue weighted by Crippen LogP contribution is 2.21. The Morgan fingerprint density at radius 2 is 1.34 bits per heavy atom. The van der Waals surface area contributed by atoms with E-state index in [0.717, 1.165) is 38.9 Å². The molecule has 1 atom stereocenters. The molecule has 0 N–H and O–H groups in total. The van der Waals surface area contributed by atoms with Crippen LogP contribution in [0.1, 0.15) is 91.4 Å². The second-order valence-corrected chi connectivity index (χ2v) is 10.9. The first kappa shape index (κ1) is 27.0. The average molecular weight is 456 g/mol. The van der Waals surface area contributed by atoms with E-state index in [2.05, 4.69) is 30.6 Å². The number of hydrogen-bond donors (Lipinski definition) is 0. The van der Waals surface area contributed by atoms with Gasteiger partial charge >= 0.3 is 0 Å². The van der Waals surface area contributed by atoms with Crippen LogP contribution in [0.15, 0.2) is 0 Å². The summed E-state index contributed by atoms with van der Waals surface area (Å²) in [5, 5.41) is 0. The van der Waals surface area contributed by atoms with Gasteiger partial charge in [0.1, 0.15) is 6.10 Å². The summed E-state index contributed by atoms with van der Waals surface area (Å²) in [5.74, 6) is 0.455. The normalized spacial score (nSPS) is 20.2. The molecule has 32 heavy (non-hydrogen) atoms. The van der Waals surface area contributed by atoms with Gasteiger partial charge in [0.05, 0.1) is 0 Å². The molecule has 2 saturated heterocycles. The third kappa shape index (κ3) is 10.6. The SMILES string of the molecule is CC(C)(C)CC(=O)N1CCN(C(=O)CCCCCCCCCCN2CCC(OF)C2)CC1. The highest BCUT2D eigenvalue weighted by Gasteiger charge is 2.26. The summed E-state index contributed by atoms with van der Waals surface area (Å²) in [4.78, 5) is 34.9. The number of carbonyl (C=O) groups is 2. The van der Waals surface area contributed by atoms with E-state index in [4.69, 9.17) is 0 Å². The predicted octanol–water partition coefficient (Wildman–Crippen LogP) is 4.58. The molecule has 2 rings (SSSR count). The molecule has 2 aliphatic rings. The average Bonchev–Trinajstić information content (AvgIpc) is 3.22. The van der Waals surface area contributed by atoms with Gasteiger partial charge < -0.3 is 14.7 Å². The van der Waals surface area contributed by atoms with Crippen LogP contribution in [-0.2, 0) is 14.5 Å². The maximum absolute atomic E-state index is 12.4. The van der Waals surface area contributed by atoms with Gasteiger partial charge in [-0.05, 0) is 35.7 Å². The number of carbonyl (C=O) groups excluding carboxylic acids is 2. The second kappa shape index (κ2) is 14.1. The number of amides is 2. The highest BCUT2D eigenvalue weighted by atomic mass is 19.3. The van der Waals surface area contributed by atoms with Gasteiger partial charge in [-0.3, -0.25) is 9.59 Å². The van der Waals surface area contributed by atoms with Crippen LogP contribution in [0.25, 0.3) is 0 Å². The fourth-order valence-corrected chi connectivity index (χ4v) is 4.67. The van der Waals surface area contributed by atoms with Gasteiger partial charge in [0.15, 0.2) is 0 Å². The fraction of sp³-hybridized carbons (Fsp3) is 0.920. The number of rotatable bonds is 13. The minimum absolute atomic E-state index is 0.00840. The Hall–Kier alpha value is -1.21. The van der Waals surface area contributed by atoms with Crippen LogP contribution in [0.4, 0.5) is 4.53 Å². The Balaban J connectivity index is 1.40. The van der Waals surface area contributed by atoms with Crippen molar-refractivity contribution in [2.45, 2.75) is 97.5 Å². The molecule has 186 valence electrons. The Labute approximate surface area is 194 Å². The zero-order valence-corrected chi connectivity index (χ0v) is 20.7. The lowest BCUT2D eigenvalue weighted by molar-refractivity contribution is -0.173. The molecule has 2 heterocycles. The summed E-state index contributed by atoms with van der Waals surface area (Å²) in [5.41, 5.74) is 0.00840. The van der Waals surface area contributed by atoms with Crippen molar-refractivity contribution in [1.29, 1.82) is 0 Å². The van der Waals surface area contributed by atoms with Crippen molar-refractivity contribution >= 4 is 11.8 Å². The summed E-state index contributed by atoms with van der Waals surface area (Å²) in [6.07, 6.45) is 11.3. The van der Waals surface area contributed by atoms with Crippen molar-refractivity contribution in [2.24, 2.45) is 5.41 Å². The standard InChI is InChI=1S/C25H46FN3O3/c1-25(2,3)20-24(31)29-18-16-28(17-19-29)23(30)12-10-8-6-4-5-7-9-11-14-27-15-13-22(21-27)32-26/h22H,4-21H2,1-3H3. The zero-order valence-electron chi connectivity index (χ0n) is 20.7. The molecular weight excluding hydrogens is 409 g/mol. The topological polar surface area (TPSA) is 53.1 Å². The van der Waals surface area contributed by atoms with E-state index in [1.54, 1.807) is 0 Å². The molecule has 0 radical (unpaired) electrons. The monoisotopic (exact) mass is 455 g/mol. The number of piperazine rings is 1. The smallest absolute Gasteiger partial charge is 0.223 e. The summed E-state index contributed by atoms with van der Waals surface area (Å²) in [7, 11) is 0. The molecule has 7 heteroatoms. The van der Waals surface area contributed by atoms with E-state index < -0.39 is 0 Å². The minimum Gasteiger partial charge on any atom is -0.339 e. The third-order valence-electron chi connectivity index (χ3n) is 6.64. The van der Waals surface area contributed by atoms with Crippen LogP contribution in [0.2, 0.25) is 0 Å². The lowest BCUT2D eigenvalue weighted by Crippen LogP contribution is -2.51. The van der Waals surface area contributed by atoms with Crippen molar-refractivity contribution in [3.8, 4) is 0 Å². The maximum Gasteiger partial charge on any atom is 0.223 e. The second-order valence-electron chi connectivity index (χ2n) is 10.9. The van der Waals surface area contributed by atoms with Gasteiger partial charge in [-0.25, -0.2) is 0 Å². The lowest BCUT2D eigenvalue weighted by Gasteiger charge is -2.36. The van der Waals surface area contributed by atoms with Crippen molar-refractivity contribution in [3.05, 3.63) is 0 Å². The predicted molar refractivity (Wildman–Crippen MR) is 126 cm³/mol. The molecule has 0 saturated carbocycles. The minimum atomic E-state index is -0.214. The first-order valence-electron chi connectivity index (χ1n) is 12.8. The summed E-state index contributed by atoms with van der Waals surface area (Å²) in [6.45, 7) is 11.7. The first-order valence-corrected chi connectivity index (χ1v) is 12.8. The van der Waals surface area contributed by atoms with Gasteiger partial charge in [-0.2, -0.15) is 4.94 Å². The zero-order chi connectivity index (χ0) is 23.4. The van der Waals surface area contributed by atoms with E-state index in [1.807, 2.05) is 9.80 Å². The molecule has 6 nitrogen and oxygen atoms in total. The molecule has 0 aromatic heterocycles. The molecule has 0 aliphatic carbocycles. The molecular formula is C25H46FN3O3. The summed E-state index contributed by atoms with van der Waals surface area (Å²) >= 11 is 0. The Kier molecular flexibility index (Phi) is 11.9. The summed E-state index contributed by atoms with van der Waals surface area (Å²) < 4.78 is 12.2. The van der Waals surface area contributed by atoms with Crippen LogP contribution >= 0.6 is 0 Å². The Bertz CT molecular complexity index is 559. The number of nitrogens with zero attached hydrogens (tertiary/aromatic N) is 3. The van der Waals surface area contributed by atoms with Gasteiger partial charge in [-0.1, -0.05) is 59.3 Å². The number of likely N-dealkylation sites (tertiary alicyclic amines) is 1. The molecule has 0 aromatic carbocycles.